The van der Waals surface area contributed by atoms with Gasteiger partial charge >= 0.3 is 0 Å². The molecule has 174 valence electrons. The van der Waals surface area contributed by atoms with Crippen LogP contribution in [0.4, 0.5) is 5.69 Å². The third-order valence-corrected chi connectivity index (χ3v) is 7.76. The van der Waals surface area contributed by atoms with Crippen LogP contribution in [0.5, 0.6) is 0 Å². The molecule has 3 aromatic rings. The van der Waals surface area contributed by atoms with Gasteiger partial charge in [0.1, 0.15) is 11.5 Å². The number of benzene rings is 1. The number of hydrogen-bond acceptors (Lipinski definition) is 6. The summed E-state index contributed by atoms with van der Waals surface area (Å²) in [5.74, 6) is 0.0744. The number of sulfonamides is 1. The summed E-state index contributed by atoms with van der Waals surface area (Å²) in [6, 6.07) is 11.2. The molecule has 9 heteroatoms. The zero-order chi connectivity index (χ0) is 23.4. The Bertz CT molecular complexity index is 1240. The van der Waals surface area contributed by atoms with Crippen LogP contribution in [0.3, 0.4) is 0 Å². The molecule has 1 aliphatic heterocycles. The molecule has 0 radical (unpaired) electrons. The smallest absolute Gasteiger partial charge is 0.248 e. The van der Waals surface area contributed by atoms with Gasteiger partial charge in [0.2, 0.25) is 15.9 Å². The Morgan fingerprint density at radius 3 is 2.88 bits per heavy atom. The maximum absolute atomic E-state index is 13.5. The van der Waals surface area contributed by atoms with Gasteiger partial charge in [0, 0.05) is 18.8 Å². The highest BCUT2D eigenvalue weighted by molar-refractivity contribution is 7.89. The zero-order valence-electron chi connectivity index (χ0n) is 18.7. The number of carbonyl (C=O) groups excluding carboxylic acids is 1. The first kappa shape index (κ1) is 23.0. The van der Waals surface area contributed by atoms with Crippen LogP contribution >= 0.6 is 0 Å². The second kappa shape index (κ2) is 9.76. The summed E-state index contributed by atoms with van der Waals surface area (Å²) in [5, 5.41) is 6.80. The lowest BCUT2D eigenvalue weighted by Gasteiger charge is -2.31. The first-order valence-corrected chi connectivity index (χ1v) is 12.4. The van der Waals surface area contributed by atoms with Gasteiger partial charge < -0.3 is 14.3 Å². The van der Waals surface area contributed by atoms with Gasteiger partial charge in [0.25, 0.3) is 0 Å². The molecule has 0 spiro atoms. The number of hydrogen-bond donors (Lipinski definition) is 1. The fraction of sp³-hybridized carbons (Fsp3) is 0.333. The van der Waals surface area contributed by atoms with Gasteiger partial charge in [-0.3, -0.25) is 4.79 Å². The molecule has 33 heavy (non-hydrogen) atoms. The average Bonchev–Trinajstić information content (AvgIpc) is 3.47. The van der Waals surface area contributed by atoms with E-state index in [2.05, 4.69) is 17.4 Å². The van der Waals surface area contributed by atoms with E-state index < -0.39 is 15.9 Å². The van der Waals surface area contributed by atoms with E-state index >= 15 is 0 Å². The molecule has 1 atom stereocenters. The van der Waals surface area contributed by atoms with Crippen molar-refractivity contribution in [2.45, 2.75) is 38.0 Å². The van der Waals surface area contributed by atoms with Crippen molar-refractivity contribution in [2.24, 2.45) is 5.92 Å². The molecular weight excluding hydrogens is 442 g/mol. The fourth-order valence-electron chi connectivity index (χ4n) is 3.96. The standard InChI is InChI=1S/C24H27N3O5S/c1-3-18-7-4-9-20(15-18)25-24(28)19-8-5-13-27(16-19)33(29,30)23-17(2)26-32-22(23)12-11-21-10-6-14-31-21/h4,6-7,9-12,14-15,19H,3,5,8,13,16H2,1-2H3,(H,25,28)/b12-11+/t19-/m1/s1. The second-order valence-electron chi connectivity index (χ2n) is 8.06. The van der Waals surface area contributed by atoms with Crippen LogP contribution in [-0.4, -0.2) is 36.9 Å². The lowest BCUT2D eigenvalue weighted by atomic mass is 9.98. The Kier molecular flexibility index (Phi) is 6.80. The molecular formula is C24H27N3O5S. The van der Waals surface area contributed by atoms with Crippen molar-refractivity contribution in [3.8, 4) is 0 Å². The number of carbonyl (C=O) groups is 1. The molecule has 0 bridgehead atoms. The molecule has 8 nitrogen and oxygen atoms in total. The maximum Gasteiger partial charge on any atom is 0.248 e. The SMILES string of the molecule is CCc1cccc(NC(=O)[C@@H]2CCCN(S(=O)(=O)c3c(C)noc3/C=C/c3ccco3)C2)c1. The topological polar surface area (TPSA) is 106 Å². The molecule has 1 saturated heterocycles. The molecule has 1 N–H and O–H groups in total. The van der Waals surface area contributed by atoms with Crippen LogP contribution in [0, 0.1) is 12.8 Å². The molecule has 3 heterocycles. The molecule has 1 aliphatic rings. The normalized spacial score (nSPS) is 17.5. The van der Waals surface area contributed by atoms with E-state index in [9.17, 15) is 13.2 Å². The molecule has 1 aromatic carbocycles. The Balaban J connectivity index is 1.52. The number of piperidine rings is 1. The predicted octanol–water partition coefficient (Wildman–Crippen LogP) is 4.35. The monoisotopic (exact) mass is 469 g/mol. The number of anilines is 1. The van der Waals surface area contributed by atoms with Crippen LogP contribution in [-0.2, 0) is 21.2 Å². The van der Waals surface area contributed by atoms with E-state index in [1.807, 2.05) is 24.3 Å². The van der Waals surface area contributed by atoms with Gasteiger partial charge in [-0.05, 0) is 68.2 Å². The van der Waals surface area contributed by atoms with E-state index in [1.54, 1.807) is 25.1 Å². The third-order valence-electron chi connectivity index (χ3n) is 5.73. The van der Waals surface area contributed by atoms with Crippen LogP contribution in [0.15, 0.2) is 56.5 Å². The molecule has 2 aromatic heterocycles. The van der Waals surface area contributed by atoms with Crippen molar-refractivity contribution in [3.05, 3.63) is 65.4 Å². The summed E-state index contributed by atoms with van der Waals surface area (Å²) < 4.78 is 38.9. The number of nitrogens with zero attached hydrogens (tertiary/aromatic N) is 2. The Hall–Kier alpha value is -3.17. The molecule has 1 amide bonds. The van der Waals surface area contributed by atoms with Crippen LogP contribution in [0.1, 0.15) is 42.5 Å². The third kappa shape index (κ3) is 5.09. The number of rotatable bonds is 7. The van der Waals surface area contributed by atoms with Crippen LogP contribution in [0.25, 0.3) is 12.2 Å². The van der Waals surface area contributed by atoms with Gasteiger partial charge in [-0.15, -0.1) is 0 Å². The average molecular weight is 470 g/mol. The lowest BCUT2D eigenvalue weighted by Crippen LogP contribution is -2.43. The number of furan rings is 1. The maximum atomic E-state index is 13.5. The highest BCUT2D eigenvalue weighted by Gasteiger charge is 2.37. The van der Waals surface area contributed by atoms with Gasteiger partial charge in [-0.2, -0.15) is 4.31 Å². The van der Waals surface area contributed by atoms with Crippen molar-refractivity contribution >= 4 is 33.8 Å². The highest BCUT2D eigenvalue weighted by Crippen LogP contribution is 2.29. The summed E-state index contributed by atoms with van der Waals surface area (Å²) in [4.78, 5) is 12.9. The fourth-order valence-corrected chi connectivity index (χ4v) is 5.73. The van der Waals surface area contributed by atoms with Crippen molar-refractivity contribution in [1.29, 1.82) is 0 Å². The summed E-state index contributed by atoms with van der Waals surface area (Å²) in [7, 11) is -3.91. The first-order chi connectivity index (χ1) is 15.9. The minimum absolute atomic E-state index is 0.0158. The first-order valence-electron chi connectivity index (χ1n) is 11.0. The summed E-state index contributed by atoms with van der Waals surface area (Å²) in [5.41, 5.74) is 2.12. The molecule has 0 saturated carbocycles. The molecule has 0 aliphatic carbocycles. The van der Waals surface area contributed by atoms with Gasteiger partial charge in [0.05, 0.1) is 12.2 Å². The van der Waals surface area contributed by atoms with E-state index in [0.717, 1.165) is 17.7 Å². The largest absolute Gasteiger partial charge is 0.465 e. The Labute approximate surface area is 193 Å². The van der Waals surface area contributed by atoms with Gasteiger partial charge in [-0.25, -0.2) is 8.42 Å². The zero-order valence-corrected chi connectivity index (χ0v) is 19.5. The van der Waals surface area contributed by atoms with Crippen molar-refractivity contribution in [3.63, 3.8) is 0 Å². The Morgan fingerprint density at radius 1 is 1.27 bits per heavy atom. The summed E-state index contributed by atoms with van der Waals surface area (Å²) >= 11 is 0. The number of aryl methyl sites for hydroxylation is 2. The van der Waals surface area contributed by atoms with Gasteiger partial charge in [0.15, 0.2) is 10.7 Å². The highest BCUT2D eigenvalue weighted by atomic mass is 32.2. The quantitative estimate of drug-likeness (QED) is 0.552. The van der Waals surface area contributed by atoms with E-state index in [1.165, 1.54) is 16.6 Å². The molecule has 0 unspecified atom stereocenters. The Morgan fingerprint density at radius 2 is 2.12 bits per heavy atom. The second-order valence-corrected chi connectivity index (χ2v) is 9.93. The van der Waals surface area contributed by atoms with Crippen molar-refractivity contribution in [1.82, 2.24) is 9.46 Å². The number of aromatic nitrogens is 1. The molecule has 4 rings (SSSR count). The van der Waals surface area contributed by atoms with Crippen molar-refractivity contribution < 1.29 is 22.2 Å². The summed E-state index contributed by atoms with van der Waals surface area (Å²) in [6.07, 6.45) is 6.76. The van der Waals surface area contributed by atoms with E-state index in [0.29, 0.717) is 25.1 Å². The number of amides is 1. The summed E-state index contributed by atoms with van der Waals surface area (Å²) in [6.45, 7) is 4.09. The van der Waals surface area contributed by atoms with E-state index in [4.69, 9.17) is 8.94 Å². The molecule has 1 fully saturated rings. The number of nitrogens with one attached hydrogen (secondary N) is 1. The van der Waals surface area contributed by atoms with E-state index in [-0.39, 0.29) is 28.8 Å². The van der Waals surface area contributed by atoms with Crippen LogP contribution in [0.2, 0.25) is 0 Å². The van der Waals surface area contributed by atoms with Gasteiger partial charge in [-0.1, -0.05) is 24.2 Å². The van der Waals surface area contributed by atoms with Crippen LogP contribution < -0.4 is 5.32 Å². The minimum Gasteiger partial charge on any atom is -0.465 e. The minimum atomic E-state index is -3.91. The lowest BCUT2D eigenvalue weighted by molar-refractivity contribution is -0.120. The predicted molar refractivity (Wildman–Crippen MR) is 125 cm³/mol. The van der Waals surface area contributed by atoms with Crippen molar-refractivity contribution in [2.75, 3.05) is 18.4 Å².